The monoisotopic (exact) mass is 794 g/mol. The molecule has 2 aliphatic rings. The van der Waals surface area contributed by atoms with E-state index in [9.17, 15) is 0 Å². The third kappa shape index (κ3) is 4.98. The Balaban J connectivity index is 0.898. The van der Waals surface area contributed by atoms with E-state index in [4.69, 9.17) is 8.83 Å². The van der Waals surface area contributed by atoms with E-state index in [1.165, 1.54) is 89.0 Å². The topological polar surface area (TPSA) is 26.3 Å². The van der Waals surface area contributed by atoms with Crippen molar-refractivity contribution in [3.8, 4) is 66.8 Å². The number of rotatable bonds is 4. The molecule has 0 atom stereocenters. The van der Waals surface area contributed by atoms with Crippen molar-refractivity contribution < 1.29 is 8.83 Å². The number of furan rings is 2. The molecule has 2 nitrogen and oxygen atoms in total. The Morgan fingerprint density at radius 1 is 0.274 bits per heavy atom. The first-order chi connectivity index (χ1) is 30.2. The number of hydrogen-bond acceptors (Lipinski definition) is 2. The molecule has 2 aliphatic carbocycles. The van der Waals surface area contributed by atoms with Crippen LogP contribution in [0.2, 0.25) is 0 Å². The van der Waals surface area contributed by atoms with Crippen molar-refractivity contribution in [1.82, 2.24) is 0 Å². The fraction of sp³-hybridized carbons (Fsp3) is 0.100. The maximum atomic E-state index is 6.35. The third-order valence-corrected chi connectivity index (χ3v) is 14.3. The van der Waals surface area contributed by atoms with E-state index in [1.807, 2.05) is 0 Å². The molecule has 0 bridgehead atoms. The fourth-order valence-electron chi connectivity index (χ4n) is 10.9. The predicted octanol–water partition coefficient (Wildman–Crippen LogP) is 16.8. The molecule has 2 aromatic heterocycles. The van der Waals surface area contributed by atoms with Gasteiger partial charge in [0.1, 0.15) is 22.3 Å². The summed E-state index contributed by atoms with van der Waals surface area (Å²) in [5, 5.41) is 4.57. The SMILES string of the molecule is CC1(C)c2cc(-c3ccc4oc5ccc(-c6ccccc6)cc5c4c3)ccc2-c2c1ccc1c2-c2ccc(-c3ccc4oc5ccc(-c6ccccc6)cc5c4c3)cc2C1(C)C. The first-order valence-electron chi connectivity index (χ1n) is 21.7. The molecular formula is C60H42O2. The molecular weight excluding hydrogens is 753 g/mol. The second-order valence-corrected chi connectivity index (χ2v) is 18.5. The summed E-state index contributed by atoms with van der Waals surface area (Å²) in [7, 11) is 0. The van der Waals surface area contributed by atoms with E-state index in [-0.39, 0.29) is 10.8 Å². The normalized spacial score (nSPS) is 14.4. The molecule has 2 heterocycles. The molecule has 0 unspecified atom stereocenters. The average molecular weight is 795 g/mol. The van der Waals surface area contributed by atoms with Crippen LogP contribution in [-0.4, -0.2) is 0 Å². The van der Waals surface area contributed by atoms with Gasteiger partial charge < -0.3 is 8.83 Å². The molecule has 62 heavy (non-hydrogen) atoms. The summed E-state index contributed by atoms with van der Waals surface area (Å²) < 4.78 is 12.7. The minimum absolute atomic E-state index is 0.164. The van der Waals surface area contributed by atoms with E-state index >= 15 is 0 Å². The zero-order valence-electron chi connectivity index (χ0n) is 35.1. The molecule has 0 saturated carbocycles. The molecule has 0 N–H and O–H groups in total. The molecule has 0 radical (unpaired) electrons. The highest BCUT2D eigenvalue weighted by molar-refractivity contribution is 6.09. The Morgan fingerprint density at radius 2 is 0.581 bits per heavy atom. The lowest BCUT2D eigenvalue weighted by Crippen LogP contribution is -2.17. The third-order valence-electron chi connectivity index (χ3n) is 14.3. The number of fused-ring (bicyclic) bond motifs is 13. The summed E-state index contributed by atoms with van der Waals surface area (Å²) in [6, 6.07) is 66.7. The summed E-state index contributed by atoms with van der Waals surface area (Å²) in [6.07, 6.45) is 0. The van der Waals surface area contributed by atoms with Gasteiger partial charge in [-0.15, -0.1) is 0 Å². The quantitative estimate of drug-likeness (QED) is 0.177. The standard InChI is InChI=1S/C60H42O2/c1-59(2)49-23-24-50-58(57(49)43-21-15-41(33-51(43)59)39-19-27-55-47(31-39)45-29-37(17-25-53(45)61-55)35-11-7-5-8-12-35)44-22-16-42(34-52(44)60(50,3)4)40-20-28-56-48(32-40)46-30-38(18-26-54(46)62-56)36-13-9-6-10-14-36/h5-34H,1-4H3. The highest BCUT2D eigenvalue weighted by Gasteiger charge is 2.43. The van der Waals surface area contributed by atoms with Crippen LogP contribution in [0.25, 0.3) is 111 Å². The van der Waals surface area contributed by atoms with Gasteiger partial charge in [0.2, 0.25) is 0 Å². The zero-order chi connectivity index (χ0) is 41.5. The lowest BCUT2D eigenvalue weighted by molar-refractivity contribution is 0.651. The largest absolute Gasteiger partial charge is 0.456 e. The van der Waals surface area contributed by atoms with Gasteiger partial charge in [-0.25, -0.2) is 0 Å². The van der Waals surface area contributed by atoms with Crippen LogP contribution in [0.15, 0.2) is 191 Å². The van der Waals surface area contributed by atoms with Gasteiger partial charge in [0.05, 0.1) is 0 Å². The molecule has 11 aromatic rings. The Kier molecular flexibility index (Phi) is 7.16. The second-order valence-electron chi connectivity index (χ2n) is 18.5. The molecule has 0 spiro atoms. The predicted molar refractivity (Wildman–Crippen MR) is 258 cm³/mol. The van der Waals surface area contributed by atoms with Gasteiger partial charge in [0.25, 0.3) is 0 Å². The smallest absolute Gasteiger partial charge is 0.135 e. The van der Waals surface area contributed by atoms with Gasteiger partial charge in [0.15, 0.2) is 0 Å². The van der Waals surface area contributed by atoms with Crippen molar-refractivity contribution in [2.75, 3.05) is 0 Å². The minimum Gasteiger partial charge on any atom is -0.456 e. The summed E-state index contributed by atoms with van der Waals surface area (Å²) in [6.45, 7) is 9.59. The van der Waals surface area contributed by atoms with Gasteiger partial charge in [0, 0.05) is 32.4 Å². The highest BCUT2D eigenvalue weighted by Crippen LogP contribution is 2.60. The van der Waals surface area contributed by atoms with Crippen LogP contribution in [0.4, 0.5) is 0 Å². The van der Waals surface area contributed by atoms with E-state index in [0.717, 1.165) is 43.9 Å². The Labute approximate surface area is 360 Å². The Bertz CT molecular complexity index is 3430. The lowest BCUT2D eigenvalue weighted by atomic mass is 9.79. The zero-order valence-corrected chi connectivity index (χ0v) is 35.1. The Morgan fingerprint density at radius 3 is 0.935 bits per heavy atom. The summed E-state index contributed by atoms with van der Waals surface area (Å²) in [5.74, 6) is 0. The fourth-order valence-corrected chi connectivity index (χ4v) is 10.9. The van der Waals surface area contributed by atoms with Crippen LogP contribution >= 0.6 is 0 Å². The van der Waals surface area contributed by atoms with Crippen LogP contribution in [0.3, 0.4) is 0 Å². The first kappa shape index (κ1) is 35.3. The van der Waals surface area contributed by atoms with E-state index in [2.05, 4.69) is 210 Å². The lowest BCUT2D eigenvalue weighted by Gasteiger charge is -2.24. The maximum Gasteiger partial charge on any atom is 0.135 e. The van der Waals surface area contributed by atoms with Crippen molar-refractivity contribution >= 4 is 43.9 Å². The van der Waals surface area contributed by atoms with Crippen LogP contribution in [0, 0.1) is 0 Å². The number of benzene rings is 9. The molecule has 0 saturated heterocycles. The number of hydrogen-bond donors (Lipinski definition) is 0. The maximum absolute atomic E-state index is 6.35. The van der Waals surface area contributed by atoms with Crippen molar-refractivity contribution in [3.63, 3.8) is 0 Å². The molecule has 294 valence electrons. The molecule has 13 rings (SSSR count). The van der Waals surface area contributed by atoms with E-state index < -0.39 is 0 Å². The second kappa shape index (κ2) is 12.6. The van der Waals surface area contributed by atoms with Crippen molar-refractivity contribution in [3.05, 3.63) is 204 Å². The highest BCUT2D eigenvalue weighted by atomic mass is 16.3. The van der Waals surface area contributed by atoms with E-state index in [0.29, 0.717) is 0 Å². The van der Waals surface area contributed by atoms with Gasteiger partial charge in [-0.2, -0.15) is 0 Å². The molecule has 0 fully saturated rings. The van der Waals surface area contributed by atoms with Crippen molar-refractivity contribution in [1.29, 1.82) is 0 Å². The van der Waals surface area contributed by atoms with Gasteiger partial charge >= 0.3 is 0 Å². The van der Waals surface area contributed by atoms with Crippen LogP contribution in [-0.2, 0) is 10.8 Å². The Hall–Kier alpha value is -7.42. The molecule has 2 heteroatoms. The van der Waals surface area contributed by atoms with Crippen LogP contribution in [0.5, 0.6) is 0 Å². The van der Waals surface area contributed by atoms with Gasteiger partial charge in [-0.3, -0.25) is 0 Å². The summed E-state index contributed by atoms with van der Waals surface area (Å²) in [5.41, 5.74) is 24.0. The first-order valence-corrected chi connectivity index (χ1v) is 21.7. The summed E-state index contributed by atoms with van der Waals surface area (Å²) in [4.78, 5) is 0. The van der Waals surface area contributed by atoms with Crippen molar-refractivity contribution in [2.24, 2.45) is 0 Å². The van der Waals surface area contributed by atoms with Gasteiger partial charge in [-0.05, 0) is 150 Å². The van der Waals surface area contributed by atoms with Crippen LogP contribution in [0.1, 0.15) is 49.9 Å². The average Bonchev–Trinajstić information content (AvgIpc) is 4.00. The summed E-state index contributed by atoms with van der Waals surface area (Å²) >= 11 is 0. The van der Waals surface area contributed by atoms with E-state index in [1.54, 1.807) is 0 Å². The van der Waals surface area contributed by atoms with Crippen LogP contribution < -0.4 is 0 Å². The van der Waals surface area contributed by atoms with Gasteiger partial charge in [-0.1, -0.05) is 149 Å². The molecule has 0 amide bonds. The molecule has 9 aromatic carbocycles. The molecule has 0 aliphatic heterocycles. The minimum atomic E-state index is -0.164. The van der Waals surface area contributed by atoms with Crippen molar-refractivity contribution in [2.45, 2.75) is 38.5 Å².